The van der Waals surface area contributed by atoms with Crippen molar-refractivity contribution in [3.05, 3.63) is 54.1 Å². The number of benzene rings is 2. The molecule has 0 saturated carbocycles. The van der Waals surface area contributed by atoms with Gasteiger partial charge in [-0.2, -0.15) is 8.78 Å². The van der Waals surface area contributed by atoms with Gasteiger partial charge in [0.25, 0.3) is 0 Å². The van der Waals surface area contributed by atoms with Crippen LogP contribution in [0.1, 0.15) is 16.8 Å². The third-order valence-corrected chi connectivity index (χ3v) is 5.20. The summed E-state index contributed by atoms with van der Waals surface area (Å²) in [5.41, 5.74) is 1.25. The fourth-order valence-corrected chi connectivity index (χ4v) is 3.66. The molecule has 2 aromatic carbocycles. The highest BCUT2D eigenvalue weighted by atomic mass is 32.2. The number of halogens is 2. The number of hydrogen-bond donors (Lipinski definition) is 0. The van der Waals surface area contributed by atoms with Crippen molar-refractivity contribution in [2.75, 3.05) is 30.9 Å². The van der Waals surface area contributed by atoms with E-state index in [4.69, 9.17) is 4.74 Å². The van der Waals surface area contributed by atoms with Gasteiger partial charge in [0.1, 0.15) is 11.5 Å². The maximum atomic E-state index is 12.8. The van der Waals surface area contributed by atoms with Crippen LogP contribution in [0.4, 0.5) is 14.5 Å². The van der Waals surface area contributed by atoms with Gasteiger partial charge in [0.2, 0.25) is 0 Å². The minimum absolute atomic E-state index is 0.0192. The lowest BCUT2D eigenvalue weighted by Gasteiger charge is -2.27. The van der Waals surface area contributed by atoms with E-state index >= 15 is 0 Å². The highest BCUT2D eigenvalue weighted by molar-refractivity contribution is 8.14. The van der Waals surface area contributed by atoms with Crippen molar-refractivity contribution in [2.24, 2.45) is 4.99 Å². The molecule has 0 aliphatic carbocycles. The number of alkyl halides is 2. The molecule has 0 N–H and O–H groups in total. The van der Waals surface area contributed by atoms with Crippen molar-refractivity contribution in [1.29, 1.82) is 0 Å². The number of thioether (sulfide) groups is 1. The first-order chi connectivity index (χ1) is 13.6. The lowest BCUT2D eigenvalue weighted by molar-refractivity contribution is -0.0498. The van der Waals surface area contributed by atoms with Gasteiger partial charge in [0.15, 0.2) is 11.0 Å². The molecule has 8 heteroatoms. The summed E-state index contributed by atoms with van der Waals surface area (Å²) >= 11 is 1.61. The van der Waals surface area contributed by atoms with E-state index in [0.29, 0.717) is 5.56 Å². The fourth-order valence-electron chi connectivity index (χ4n) is 2.70. The number of aliphatic imine (C=N–C) groups is 1. The molecule has 28 heavy (non-hydrogen) atoms. The molecule has 1 aliphatic rings. The molecule has 0 unspecified atom stereocenters. The Balaban J connectivity index is 1.80. The van der Waals surface area contributed by atoms with Crippen LogP contribution in [0.15, 0.2) is 53.5 Å². The minimum atomic E-state index is -2.89. The molecular weight excluding hydrogens is 386 g/mol. The average molecular weight is 406 g/mol. The number of methoxy groups -OCH3 is 1. The summed E-state index contributed by atoms with van der Waals surface area (Å²) in [6.07, 6.45) is 1.00. The number of nitrogens with zero attached hydrogens (tertiary/aromatic N) is 2. The quantitative estimate of drug-likeness (QED) is 0.635. The van der Waals surface area contributed by atoms with E-state index in [-0.39, 0.29) is 18.1 Å². The first kappa shape index (κ1) is 20.1. The fraction of sp³-hybridized carbons (Fsp3) is 0.300. The van der Waals surface area contributed by atoms with E-state index in [9.17, 15) is 13.6 Å². The van der Waals surface area contributed by atoms with Crippen molar-refractivity contribution >= 4 is 28.4 Å². The minimum Gasteiger partial charge on any atom is -0.497 e. The molecule has 5 nitrogen and oxygen atoms in total. The van der Waals surface area contributed by atoms with E-state index in [2.05, 4.69) is 9.73 Å². The summed E-state index contributed by atoms with van der Waals surface area (Å²) in [5.74, 6) is 1.54. The summed E-state index contributed by atoms with van der Waals surface area (Å²) in [4.78, 5) is 19.2. The standard InChI is InChI=1S/C20H20F2N2O3S/c1-26-16-9-5-15(6-10-16)24(20-23-11-2-12-28-20)13-18(25)14-3-7-17(8-4-14)27-19(21)22/h3-10,19H,2,11-13H2,1H3. The highest BCUT2D eigenvalue weighted by Gasteiger charge is 2.21. The molecule has 2 aromatic rings. The predicted octanol–water partition coefficient (Wildman–Crippen LogP) is 4.48. The largest absolute Gasteiger partial charge is 0.497 e. The average Bonchev–Trinajstić information content (AvgIpc) is 2.73. The van der Waals surface area contributed by atoms with Crippen molar-refractivity contribution in [3.63, 3.8) is 0 Å². The Bertz CT molecular complexity index is 826. The Morgan fingerprint density at radius 1 is 1.14 bits per heavy atom. The number of carbonyl (C=O) groups excluding carboxylic acids is 1. The molecule has 0 bridgehead atoms. The molecule has 0 radical (unpaired) electrons. The van der Waals surface area contributed by atoms with Gasteiger partial charge in [-0.05, 0) is 55.0 Å². The smallest absolute Gasteiger partial charge is 0.387 e. The lowest BCUT2D eigenvalue weighted by Crippen LogP contribution is -2.35. The third kappa shape index (κ3) is 5.22. The topological polar surface area (TPSA) is 51.1 Å². The second-order valence-corrected chi connectivity index (χ2v) is 7.04. The normalized spacial score (nSPS) is 13.8. The van der Waals surface area contributed by atoms with E-state index in [1.165, 1.54) is 24.3 Å². The van der Waals surface area contributed by atoms with Gasteiger partial charge in [-0.15, -0.1) is 0 Å². The second-order valence-electron chi connectivity index (χ2n) is 5.98. The summed E-state index contributed by atoms with van der Waals surface area (Å²) in [6.45, 7) is -2.08. The van der Waals surface area contributed by atoms with E-state index in [1.54, 1.807) is 18.9 Å². The van der Waals surface area contributed by atoms with Crippen LogP contribution in [0.25, 0.3) is 0 Å². The summed E-state index contributed by atoms with van der Waals surface area (Å²) < 4.78 is 34.1. The molecule has 148 valence electrons. The van der Waals surface area contributed by atoms with E-state index < -0.39 is 6.61 Å². The second kappa shape index (κ2) is 9.54. The van der Waals surface area contributed by atoms with Crippen molar-refractivity contribution in [2.45, 2.75) is 13.0 Å². The first-order valence-electron chi connectivity index (χ1n) is 8.74. The molecular formula is C20H20F2N2O3S. The van der Waals surface area contributed by atoms with Crippen molar-refractivity contribution < 1.29 is 23.0 Å². The molecule has 0 spiro atoms. The molecule has 0 amide bonds. The lowest BCUT2D eigenvalue weighted by atomic mass is 10.1. The van der Waals surface area contributed by atoms with Crippen molar-refractivity contribution in [3.8, 4) is 11.5 Å². The Kier molecular flexibility index (Phi) is 6.86. The van der Waals surface area contributed by atoms with Crippen LogP contribution in [0.3, 0.4) is 0 Å². The van der Waals surface area contributed by atoms with Gasteiger partial charge in [-0.1, -0.05) is 11.8 Å². The zero-order chi connectivity index (χ0) is 19.9. The SMILES string of the molecule is COc1ccc(N(CC(=O)c2ccc(OC(F)F)cc2)C2=NCCCS2)cc1. The van der Waals surface area contributed by atoms with Crippen LogP contribution in [-0.4, -0.2) is 43.5 Å². The molecule has 0 saturated heterocycles. The van der Waals surface area contributed by atoms with Crippen LogP contribution in [0.2, 0.25) is 0 Å². The molecule has 1 heterocycles. The Hall–Kier alpha value is -2.61. The van der Waals surface area contributed by atoms with Crippen molar-refractivity contribution in [1.82, 2.24) is 0 Å². The number of hydrogen-bond acceptors (Lipinski definition) is 6. The van der Waals surface area contributed by atoms with Gasteiger partial charge in [0, 0.05) is 23.5 Å². The number of rotatable bonds is 7. The summed E-state index contributed by atoms with van der Waals surface area (Å²) in [5, 5.41) is 0.794. The zero-order valence-corrected chi connectivity index (χ0v) is 16.1. The Labute approximate surface area is 166 Å². The number of anilines is 1. The van der Waals surface area contributed by atoms with E-state index in [1.807, 2.05) is 29.2 Å². The van der Waals surface area contributed by atoms with Crippen LogP contribution >= 0.6 is 11.8 Å². The van der Waals surface area contributed by atoms with Gasteiger partial charge in [0.05, 0.1) is 13.7 Å². The summed E-state index contributed by atoms with van der Waals surface area (Å²) in [7, 11) is 1.60. The number of ether oxygens (including phenoxy) is 2. The van der Waals surface area contributed by atoms with Gasteiger partial charge >= 0.3 is 6.61 Å². The molecule has 0 atom stereocenters. The molecule has 1 aliphatic heterocycles. The number of Topliss-reactive ketones (excluding diaryl/α,β-unsaturated/α-hetero) is 1. The van der Waals surface area contributed by atoms with Crippen LogP contribution in [-0.2, 0) is 0 Å². The van der Waals surface area contributed by atoms with Crippen LogP contribution in [0.5, 0.6) is 11.5 Å². The van der Waals surface area contributed by atoms with Crippen LogP contribution < -0.4 is 14.4 Å². The number of carbonyl (C=O) groups is 1. The maximum absolute atomic E-state index is 12.8. The number of amidine groups is 1. The number of ketones is 1. The molecule has 0 aromatic heterocycles. The van der Waals surface area contributed by atoms with Crippen LogP contribution in [0, 0.1) is 0 Å². The monoisotopic (exact) mass is 406 g/mol. The molecule has 3 rings (SSSR count). The molecule has 0 fully saturated rings. The zero-order valence-electron chi connectivity index (χ0n) is 15.3. The highest BCUT2D eigenvalue weighted by Crippen LogP contribution is 2.25. The Morgan fingerprint density at radius 2 is 1.82 bits per heavy atom. The van der Waals surface area contributed by atoms with E-state index in [0.717, 1.165) is 35.3 Å². The van der Waals surface area contributed by atoms with Gasteiger partial charge in [-0.3, -0.25) is 9.79 Å². The third-order valence-electron chi connectivity index (χ3n) is 4.10. The maximum Gasteiger partial charge on any atom is 0.387 e. The first-order valence-corrected chi connectivity index (χ1v) is 9.72. The predicted molar refractivity (Wildman–Crippen MR) is 107 cm³/mol. The Morgan fingerprint density at radius 3 is 2.39 bits per heavy atom. The van der Waals surface area contributed by atoms with Gasteiger partial charge in [-0.25, -0.2) is 0 Å². The summed E-state index contributed by atoms with van der Waals surface area (Å²) in [6, 6.07) is 13.1. The van der Waals surface area contributed by atoms with Gasteiger partial charge < -0.3 is 14.4 Å².